The molecule has 2 N–H and O–H groups in total. The van der Waals surface area contributed by atoms with Crippen LogP contribution in [0.3, 0.4) is 0 Å². The summed E-state index contributed by atoms with van der Waals surface area (Å²) in [5.74, 6) is -0.547. The first kappa shape index (κ1) is 17.4. The summed E-state index contributed by atoms with van der Waals surface area (Å²) >= 11 is 3.31. The Balaban J connectivity index is 0.00000200. The molecule has 1 fully saturated rings. The number of likely N-dealkylation sites (tertiary alicyclic amines) is 1. The zero-order chi connectivity index (χ0) is 14.0. The van der Waals surface area contributed by atoms with Crippen molar-refractivity contribution in [3.8, 4) is 0 Å². The third-order valence-corrected chi connectivity index (χ3v) is 4.27. The fourth-order valence-electron chi connectivity index (χ4n) is 2.57. The number of amides is 1. The van der Waals surface area contributed by atoms with E-state index in [1.807, 2.05) is 6.92 Å². The van der Waals surface area contributed by atoms with Gasteiger partial charge in [-0.2, -0.15) is 0 Å². The first-order valence-corrected chi connectivity index (χ1v) is 7.31. The van der Waals surface area contributed by atoms with Gasteiger partial charge in [-0.1, -0.05) is 0 Å². The van der Waals surface area contributed by atoms with Crippen molar-refractivity contribution in [2.75, 3.05) is 6.54 Å². The highest BCUT2D eigenvalue weighted by Crippen LogP contribution is 2.25. The number of hydrogen-bond donors (Lipinski definition) is 1. The third kappa shape index (κ3) is 3.71. The van der Waals surface area contributed by atoms with E-state index in [4.69, 9.17) is 5.73 Å². The molecule has 2 atom stereocenters. The fraction of sp³-hybridized carbons (Fsp3) is 0.500. The predicted molar refractivity (Wildman–Crippen MR) is 83.7 cm³/mol. The lowest BCUT2D eigenvalue weighted by Crippen LogP contribution is -2.51. The van der Waals surface area contributed by atoms with E-state index in [-0.39, 0.29) is 30.4 Å². The Morgan fingerprint density at radius 3 is 2.85 bits per heavy atom. The Morgan fingerprint density at radius 1 is 1.50 bits per heavy atom. The van der Waals surface area contributed by atoms with Gasteiger partial charge in [0.15, 0.2) is 0 Å². The molecule has 1 aliphatic rings. The van der Waals surface area contributed by atoms with Gasteiger partial charge in [-0.05, 0) is 60.3 Å². The molecular formula is C14H19BrClFN2O. The van der Waals surface area contributed by atoms with E-state index in [0.717, 1.165) is 19.3 Å². The quantitative estimate of drug-likeness (QED) is 0.873. The van der Waals surface area contributed by atoms with Crippen molar-refractivity contribution in [3.05, 3.63) is 34.1 Å². The Bertz CT molecular complexity index is 484. The van der Waals surface area contributed by atoms with Crippen LogP contribution in [-0.4, -0.2) is 29.4 Å². The molecule has 1 aliphatic heterocycles. The molecular weight excluding hydrogens is 347 g/mol. The van der Waals surface area contributed by atoms with Gasteiger partial charge in [0, 0.05) is 23.1 Å². The highest BCUT2D eigenvalue weighted by atomic mass is 79.9. The van der Waals surface area contributed by atoms with Crippen LogP contribution in [-0.2, 0) is 0 Å². The number of rotatable bonds is 2. The van der Waals surface area contributed by atoms with Crippen molar-refractivity contribution < 1.29 is 9.18 Å². The maximum atomic E-state index is 13.3. The van der Waals surface area contributed by atoms with Gasteiger partial charge in [0.1, 0.15) is 5.82 Å². The van der Waals surface area contributed by atoms with Crippen LogP contribution in [0.2, 0.25) is 0 Å². The molecule has 0 aromatic heterocycles. The Morgan fingerprint density at radius 2 is 2.20 bits per heavy atom. The molecule has 0 saturated carbocycles. The number of hydrogen-bond acceptors (Lipinski definition) is 2. The van der Waals surface area contributed by atoms with Crippen LogP contribution >= 0.6 is 28.3 Å². The second kappa shape index (κ2) is 7.38. The number of carbonyl (C=O) groups excluding carboxylic acids is 1. The molecule has 1 saturated heterocycles. The molecule has 0 bridgehead atoms. The van der Waals surface area contributed by atoms with Crippen molar-refractivity contribution in [3.63, 3.8) is 0 Å². The number of benzene rings is 1. The first-order chi connectivity index (χ1) is 9.00. The molecule has 0 radical (unpaired) electrons. The second-order valence-electron chi connectivity index (χ2n) is 5.04. The molecule has 1 aromatic carbocycles. The lowest BCUT2D eigenvalue weighted by Gasteiger charge is -2.38. The lowest BCUT2D eigenvalue weighted by atomic mass is 9.96. The molecule has 0 spiro atoms. The second-order valence-corrected chi connectivity index (χ2v) is 5.90. The molecule has 112 valence electrons. The number of halogens is 3. The van der Waals surface area contributed by atoms with E-state index in [0.29, 0.717) is 16.6 Å². The fourth-order valence-corrected chi connectivity index (χ4v) is 2.99. The summed E-state index contributed by atoms with van der Waals surface area (Å²) < 4.78 is 13.9. The van der Waals surface area contributed by atoms with Crippen molar-refractivity contribution in [1.82, 2.24) is 4.90 Å². The van der Waals surface area contributed by atoms with E-state index in [2.05, 4.69) is 15.9 Å². The lowest BCUT2D eigenvalue weighted by molar-refractivity contribution is 0.0582. The Hall–Kier alpha value is -0.650. The third-order valence-electron chi connectivity index (χ3n) is 3.58. The number of nitrogens with zero attached hydrogens (tertiary/aromatic N) is 1. The molecule has 2 rings (SSSR count). The van der Waals surface area contributed by atoms with Crippen LogP contribution in [0, 0.1) is 5.82 Å². The van der Waals surface area contributed by atoms with Crippen molar-refractivity contribution in [2.24, 2.45) is 5.73 Å². The number of piperidine rings is 1. The molecule has 6 heteroatoms. The molecule has 1 heterocycles. The summed E-state index contributed by atoms with van der Waals surface area (Å²) in [6.45, 7) is 2.60. The average Bonchev–Trinajstić information content (AvgIpc) is 2.40. The average molecular weight is 366 g/mol. The highest BCUT2D eigenvalue weighted by molar-refractivity contribution is 9.10. The summed E-state index contributed by atoms with van der Waals surface area (Å²) in [6, 6.07) is 4.14. The van der Waals surface area contributed by atoms with Gasteiger partial charge < -0.3 is 10.6 Å². The van der Waals surface area contributed by atoms with Crippen molar-refractivity contribution in [2.45, 2.75) is 38.3 Å². The summed E-state index contributed by atoms with van der Waals surface area (Å²) in [5.41, 5.74) is 6.33. The zero-order valence-corrected chi connectivity index (χ0v) is 13.7. The van der Waals surface area contributed by atoms with Crippen molar-refractivity contribution in [1.29, 1.82) is 0 Å². The van der Waals surface area contributed by atoms with Crippen LogP contribution in [0.1, 0.15) is 36.5 Å². The maximum Gasteiger partial charge on any atom is 0.255 e. The normalized spacial score (nSPS) is 20.2. The number of carbonyl (C=O) groups is 1. The molecule has 1 amide bonds. The minimum absolute atomic E-state index is 0. The van der Waals surface area contributed by atoms with E-state index < -0.39 is 5.82 Å². The van der Waals surface area contributed by atoms with E-state index in [9.17, 15) is 9.18 Å². The van der Waals surface area contributed by atoms with Gasteiger partial charge in [0.2, 0.25) is 0 Å². The smallest absolute Gasteiger partial charge is 0.255 e. The molecule has 3 nitrogen and oxygen atoms in total. The van der Waals surface area contributed by atoms with Gasteiger partial charge in [-0.3, -0.25) is 4.79 Å². The predicted octanol–water partition coefficient (Wildman–Crippen LogP) is 3.35. The molecule has 20 heavy (non-hydrogen) atoms. The summed E-state index contributed by atoms with van der Waals surface area (Å²) in [4.78, 5) is 14.3. The van der Waals surface area contributed by atoms with Gasteiger partial charge >= 0.3 is 0 Å². The standard InChI is InChI=1S/C14H18BrFN2O.ClH/c1-9(17)13-4-2-3-7-18(13)14(19)11-8-10(16)5-6-12(11)15;/h5-6,8-9,13H,2-4,7,17H2,1H3;1H. The van der Waals surface area contributed by atoms with Crippen LogP contribution in [0.4, 0.5) is 4.39 Å². The van der Waals surface area contributed by atoms with Crippen LogP contribution in [0.15, 0.2) is 22.7 Å². The van der Waals surface area contributed by atoms with Gasteiger partial charge in [0.05, 0.1) is 5.56 Å². The summed E-state index contributed by atoms with van der Waals surface area (Å²) in [5, 5.41) is 0. The highest BCUT2D eigenvalue weighted by Gasteiger charge is 2.30. The van der Waals surface area contributed by atoms with E-state index >= 15 is 0 Å². The molecule has 1 aromatic rings. The van der Waals surface area contributed by atoms with Crippen LogP contribution < -0.4 is 5.73 Å². The Kier molecular flexibility index (Phi) is 6.43. The maximum absolute atomic E-state index is 13.3. The minimum Gasteiger partial charge on any atom is -0.334 e. The number of nitrogens with two attached hydrogens (primary N) is 1. The van der Waals surface area contributed by atoms with E-state index in [1.54, 1.807) is 11.0 Å². The van der Waals surface area contributed by atoms with Crippen LogP contribution in [0.5, 0.6) is 0 Å². The monoisotopic (exact) mass is 364 g/mol. The van der Waals surface area contributed by atoms with Gasteiger partial charge in [0.25, 0.3) is 5.91 Å². The van der Waals surface area contributed by atoms with Crippen LogP contribution in [0.25, 0.3) is 0 Å². The van der Waals surface area contributed by atoms with Crippen molar-refractivity contribution >= 4 is 34.2 Å². The summed E-state index contributed by atoms with van der Waals surface area (Å²) in [6.07, 6.45) is 2.97. The zero-order valence-electron chi connectivity index (χ0n) is 11.3. The topological polar surface area (TPSA) is 46.3 Å². The van der Waals surface area contributed by atoms with Gasteiger partial charge in [-0.15, -0.1) is 12.4 Å². The SMILES string of the molecule is CC(N)C1CCCCN1C(=O)c1cc(F)ccc1Br.Cl. The van der Waals surface area contributed by atoms with Gasteiger partial charge in [-0.25, -0.2) is 4.39 Å². The first-order valence-electron chi connectivity index (χ1n) is 6.52. The summed E-state index contributed by atoms with van der Waals surface area (Å²) in [7, 11) is 0. The Labute approximate surface area is 133 Å². The molecule has 0 aliphatic carbocycles. The van der Waals surface area contributed by atoms with E-state index in [1.165, 1.54) is 12.1 Å². The largest absolute Gasteiger partial charge is 0.334 e. The molecule has 2 unspecified atom stereocenters. The minimum atomic E-state index is -0.402.